The van der Waals surface area contributed by atoms with Gasteiger partial charge in [0.25, 0.3) is 0 Å². The summed E-state index contributed by atoms with van der Waals surface area (Å²) >= 11 is 0. The van der Waals surface area contributed by atoms with Gasteiger partial charge in [-0.3, -0.25) is 0 Å². The van der Waals surface area contributed by atoms with E-state index >= 15 is 0 Å². The van der Waals surface area contributed by atoms with Crippen molar-refractivity contribution in [1.29, 1.82) is 0 Å². The summed E-state index contributed by atoms with van der Waals surface area (Å²) in [5.74, 6) is 0.661. The van der Waals surface area contributed by atoms with Crippen LogP contribution in [0.1, 0.15) is 49.4 Å². The SMILES string of the molecule is CCC1CCCC(Nc2ccc(C(=O)O)cn2)C1. The Kier molecular flexibility index (Phi) is 4.18. The van der Waals surface area contributed by atoms with Crippen LogP contribution >= 0.6 is 0 Å². The molecule has 1 saturated carbocycles. The van der Waals surface area contributed by atoms with Crippen molar-refractivity contribution in [1.82, 2.24) is 4.98 Å². The molecule has 0 aromatic carbocycles. The summed E-state index contributed by atoms with van der Waals surface area (Å²) in [4.78, 5) is 14.9. The van der Waals surface area contributed by atoms with Crippen molar-refractivity contribution in [2.75, 3.05) is 5.32 Å². The number of carbonyl (C=O) groups is 1. The van der Waals surface area contributed by atoms with E-state index in [0.717, 1.165) is 11.7 Å². The van der Waals surface area contributed by atoms with Crippen LogP contribution in [0.15, 0.2) is 18.3 Å². The molecule has 98 valence electrons. The van der Waals surface area contributed by atoms with E-state index in [1.807, 2.05) is 0 Å². The number of nitrogens with one attached hydrogen (secondary N) is 1. The molecule has 4 heteroatoms. The first-order valence-corrected chi connectivity index (χ1v) is 6.65. The first-order valence-electron chi connectivity index (χ1n) is 6.65. The van der Waals surface area contributed by atoms with E-state index in [4.69, 9.17) is 5.11 Å². The molecule has 1 aliphatic carbocycles. The van der Waals surface area contributed by atoms with Crippen LogP contribution in [0, 0.1) is 5.92 Å². The molecule has 0 spiro atoms. The highest BCUT2D eigenvalue weighted by Gasteiger charge is 2.20. The molecule has 1 heterocycles. The highest BCUT2D eigenvalue weighted by Crippen LogP contribution is 2.28. The fourth-order valence-electron chi connectivity index (χ4n) is 2.61. The van der Waals surface area contributed by atoms with Crippen molar-refractivity contribution in [3.05, 3.63) is 23.9 Å². The van der Waals surface area contributed by atoms with E-state index in [-0.39, 0.29) is 5.56 Å². The van der Waals surface area contributed by atoms with Gasteiger partial charge in [-0.1, -0.05) is 26.2 Å². The second-order valence-corrected chi connectivity index (χ2v) is 5.02. The van der Waals surface area contributed by atoms with Gasteiger partial charge in [-0.15, -0.1) is 0 Å². The molecule has 0 aliphatic heterocycles. The minimum absolute atomic E-state index is 0.232. The average molecular weight is 248 g/mol. The molecule has 1 aromatic heterocycles. The average Bonchev–Trinajstić information content (AvgIpc) is 2.39. The summed E-state index contributed by atoms with van der Waals surface area (Å²) < 4.78 is 0. The monoisotopic (exact) mass is 248 g/mol. The molecule has 2 unspecified atom stereocenters. The minimum Gasteiger partial charge on any atom is -0.478 e. The van der Waals surface area contributed by atoms with Gasteiger partial charge < -0.3 is 10.4 Å². The van der Waals surface area contributed by atoms with Crippen molar-refractivity contribution >= 4 is 11.8 Å². The summed E-state index contributed by atoms with van der Waals surface area (Å²) in [5, 5.41) is 12.2. The fourth-order valence-corrected chi connectivity index (χ4v) is 2.61. The van der Waals surface area contributed by atoms with Crippen LogP contribution in [-0.4, -0.2) is 22.1 Å². The van der Waals surface area contributed by atoms with Crippen molar-refractivity contribution in [2.24, 2.45) is 5.92 Å². The smallest absolute Gasteiger partial charge is 0.337 e. The van der Waals surface area contributed by atoms with Gasteiger partial charge in [0.15, 0.2) is 0 Å². The maximum absolute atomic E-state index is 10.7. The van der Waals surface area contributed by atoms with Gasteiger partial charge in [-0.2, -0.15) is 0 Å². The summed E-state index contributed by atoms with van der Waals surface area (Å²) in [6, 6.07) is 3.82. The Hall–Kier alpha value is -1.58. The highest BCUT2D eigenvalue weighted by molar-refractivity contribution is 5.87. The lowest BCUT2D eigenvalue weighted by Gasteiger charge is -2.29. The molecular weight excluding hydrogens is 228 g/mol. The van der Waals surface area contributed by atoms with Crippen molar-refractivity contribution in [3.63, 3.8) is 0 Å². The van der Waals surface area contributed by atoms with Crippen molar-refractivity contribution < 1.29 is 9.90 Å². The number of anilines is 1. The third-order valence-electron chi connectivity index (χ3n) is 3.72. The molecule has 1 aliphatic rings. The zero-order valence-corrected chi connectivity index (χ0v) is 10.7. The third-order valence-corrected chi connectivity index (χ3v) is 3.72. The lowest BCUT2D eigenvalue weighted by atomic mass is 9.84. The molecule has 2 rings (SSSR count). The van der Waals surface area contributed by atoms with Gasteiger partial charge >= 0.3 is 5.97 Å². The predicted molar refractivity (Wildman–Crippen MR) is 70.9 cm³/mol. The van der Waals surface area contributed by atoms with E-state index in [1.165, 1.54) is 38.3 Å². The fraction of sp³-hybridized carbons (Fsp3) is 0.571. The van der Waals surface area contributed by atoms with Gasteiger partial charge in [-0.05, 0) is 30.9 Å². The molecule has 1 fully saturated rings. The second kappa shape index (κ2) is 5.85. The quantitative estimate of drug-likeness (QED) is 0.859. The van der Waals surface area contributed by atoms with Crippen LogP contribution in [0.25, 0.3) is 0 Å². The van der Waals surface area contributed by atoms with Crippen LogP contribution < -0.4 is 5.32 Å². The maximum atomic E-state index is 10.7. The van der Waals surface area contributed by atoms with Gasteiger partial charge in [-0.25, -0.2) is 9.78 Å². The number of carboxylic acid groups (broad SMARTS) is 1. The summed E-state index contributed by atoms with van der Waals surface area (Å²) in [7, 11) is 0. The lowest BCUT2D eigenvalue weighted by Crippen LogP contribution is -2.27. The standard InChI is InChI=1S/C14H20N2O2/c1-2-10-4-3-5-12(8-10)16-13-7-6-11(9-15-13)14(17)18/h6-7,9-10,12H,2-5,8H2,1H3,(H,15,16)(H,17,18). The Morgan fingerprint density at radius 3 is 2.94 bits per heavy atom. The predicted octanol–water partition coefficient (Wildman–Crippen LogP) is 3.16. The normalized spacial score (nSPS) is 23.6. The van der Waals surface area contributed by atoms with E-state index < -0.39 is 5.97 Å². The van der Waals surface area contributed by atoms with Gasteiger partial charge in [0.05, 0.1) is 5.56 Å². The molecule has 4 nitrogen and oxygen atoms in total. The molecule has 2 N–H and O–H groups in total. The number of rotatable bonds is 4. The lowest BCUT2D eigenvalue weighted by molar-refractivity contribution is 0.0696. The highest BCUT2D eigenvalue weighted by atomic mass is 16.4. The van der Waals surface area contributed by atoms with Crippen LogP contribution in [0.2, 0.25) is 0 Å². The Balaban J connectivity index is 1.94. The van der Waals surface area contributed by atoms with Crippen LogP contribution in [0.5, 0.6) is 0 Å². The number of nitrogens with zero attached hydrogens (tertiary/aromatic N) is 1. The van der Waals surface area contributed by atoms with Crippen molar-refractivity contribution in [3.8, 4) is 0 Å². The van der Waals surface area contributed by atoms with Gasteiger partial charge in [0, 0.05) is 12.2 Å². The third kappa shape index (κ3) is 3.22. The summed E-state index contributed by atoms with van der Waals surface area (Å²) in [6.45, 7) is 2.24. The second-order valence-electron chi connectivity index (χ2n) is 5.02. The van der Waals surface area contributed by atoms with Gasteiger partial charge in [0.2, 0.25) is 0 Å². The van der Waals surface area contributed by atoms with Crippen LogP contribution in [-0.2, 0) is 0 Å². The first-order chi connectivity index (χ1) is 8.69. The molecule has 0 radical (unpaired) electrons. The molecule has 0 amide bonds. The number of hydrogen-bond acceptors (Lipinski definition) is 3. The number of pyridine rings is 1. The first kappa shape index (κ1) is 12.9. The maximum Gasteiger partial charge on any atom is 0.337 e. The minimum atomic E-state index is -0.933. The zero-order valence-electron chi connectivity index (χ0n) is 10.7. The molecule has 2 atom stereocenters. The Morgan fingerprint density at radius 1 is 1.50 bits per heavy atom. The van der Waals surface area contributed by atoms with E-state index in [1.54, 1.807) is 12.1 Å². The topological polar surface area (TPSA) is 62.2 Å². The van der Waals surface area contributed by atoms with E-state index in [9.17, 15) is 4.79 Å². The number of carboxylic acids is 1. The Bertz CT molecular complexity index is 403. The van der Waals surface area contributed by atoms with Crippen LogP contribution in [0.4, 0.5) is 5.82 Å². The zero-order chi connectivity index (χ0) is 13.0. The summed E-state index contributed by atoms with van der Waals surface area (Å²) in [5.41, 5.74) is 0.232. The van der Waals surface area contributed by atoms with Gasteiger partial charge in [0.1, 0.15) is 5.82 Å². The van der Waals surface area contributed by atoms with Crippen LogP contribution in [0.3, 0.4) is 0 Å². The molecular formula is C14H20N2O2. The number of hydrogen-bond donors (Lipinski definition) is 2. The largest absolute Gasteiger partial charge is 0.478 e. The molecule has 18 heavy (non-hydrogen) atoms. The number of aromatic carboxylic acids is 1. The molecule has 1 aromatic rings. The molecule has 0 saturated heterocycles. The van der Waals surface area contributed by atoms with E-state index in [0.29, 0.717) is 6.04 Å². The Labute approximate surface area is 107 Å². The Morgan fingerprint density at radius 2 is 2.33 bits per heavy atom. The van der Waals surface area contributed by atoms with E-state index in [2.05, 4.69) is 17.2 Å². The number of aromatic nitrogens is 1. The van der Waals surface area contributed by atoms with Crippen molar-refractivity contribution in [2.45, 2.75) is 45.1 Å². The molecule has 0 bridgehead atoms. The summed E-state index contributed by atoms with van der Waals surface area (Å²) in [6.07, 6.45) is 7.62.